The van der Waals surface area contributed by atoms with E-state index in [9.17, 15) is 4.39 Å². The molecule has 0 aliphatic carbocycles. The van der Waals surface area contributed by atoms with Crippen molar-refractivity contribution in [1.82, 2.24) is 5.48 Å². The van der Waals surface area contributed by atoms with Gasteiger partial charge in [-0.05, 0) is 24.6 Å². The number of hydrogen-bond acceptors (Lipinski definition) is 2. The van der Waals surface area contributed by atoms with E-state index < -0.39 is 0 Å². The summed E-state index contributed by atoms with van der Waals surface area (Å²) in [6.45, 7) is 1.91. The van der Waals surface area contributed by atoms with Crippen LogP contribution < -0.4 is 5.48 Å². The maximum Gasteiger partial charge on any atom is 0.128 e. The van der Waals surface area contributed by atoms with Crippen LogP contribution in [-0.2, 0) is 6.54 Å². The van der Waals surface area contributed by atoms with Crippen molar-refractivity contribution < 1.29 is 9.60 Å². The highest BCUT2D eigenvalue weighted by atomic mass is 79.9. The zero-order valence-corrected chi connectivity index (χ0v) is 8.15. The lowest BCUT2D eigenvalue weighted by Crippen LogP contribution is -2.09. The Hall–Kier alpha value is -0.450. The lowest BCUT2D eigenvalue weighted by Gasteiger charge is -2.07. The van der Waals surface area contributed by atoms with Crippen LogP contribution in [0.3, 0.4) is 0 Å². The molecule has 1 rings (SSSR count). The predicted molar refractivity (Wildman–Crippen MR) is 47.5 cm³/mol. The van der Waals surface area contributed by atoms with Gasteiger partial charge in [0.25, 0.3) is 0 Å². The molecular formula is C8H9BrFNO. The molecule has 1 aromatic rings. The van der Waals surface area contributed by atoms with Crippen molar-refractivity contribution in [1.29, 1.82) is 0 Å². The third-order valence-corrected chi connectivity index (χ3v) is 2.59. The molecule has 12 heavy (non-hydrogen) atoms. The van der Waals surface area contributed by atoms with Gasteiger partial charge in [0.05, 0.1) is 0 Å². The third kappa shape index (κ3) is 1.83. The number of halogens is 2. The van der Waals surface area contributed by atoms with Crippen LogP contribution in [0.5, 0.6) is 0 Å². The number of rotatable bonds is 2. The predicted octanol–water partition coefficient (Wildman–Crippen LogP) is 2.38. The molecule has 0 amide bonds. The average Bonchev–Trinajstić information content (AvgIpc) is 2.06. The van der Waals surface area contributed by atoms with Crippen molar-refractivity contribution in [2.75, 3.05) is 0 Å². The molecule has 0 fully saturated rings. The minimum Gasteiger partial charge on any atom is -0.316 e. The summed E-state index contributed by atoms with van der Waals surface area (Å²) in [5, 5.41) is 8.43. The Bertz CT molecular complexity index is 291. The van der Waals surface area contributed by atoms with E-state index in [-0.39, 0.29) is 12.4 Å². The van der Waals surface area contributed by atoms with Crippen molar-refractivity contribution >= 4 is 15.9 Å². The summed E-state index contributed by atoms with van der Waals surface area (Å²) in [5.74, 6) is -0.308. The van der Waals surface area contributed by atoms with E-state index in [1.165, 1.54) is 6.07 Å². The van der Waals surface area contributed by atoms with E-state index in [1.807, 2.05) is 5.48 Å². The van der Waals surface area contributed by atoms with Gasteiger partial charge >= 0.3 is 0 Å². The van der Waals surface area contributed by atoms with Gasteiger partial charge in [0.2, 0.25) is 0 Å². The Morgan fingerprint density at radius 1 is 1.58 bits per heavy atom. The molecule has 0 saturated carbocycles. The first-order valence-corrected chi connectivity index (χ1v) is 4.26. The van der Waals surface area contributed by atoms with Gasteiger partial charge in [-0.1, -0.05) is 15.9 Å². The van der Waals surface area contributed by atoms with Gasteiger partial charge in [-0.25, -0.2) is 9.87 Å². The topological polar surface area (TPSA) is 32.3 Å². The Morgan fingerprint density at radius 2 is 2.25 bits per heavy atom. The zero-order chi connectivity index (χ0) is 9.14. The van der Waals surface area contributed by atoms with E-state index in [2.05, 4.69) is 15.9 Å². The van der Waals surface area contributed by atoms with Crippen LogP contribution in [0.15, 0.2) is 16.6 Å². The first-order valence-electron chi connectivity index (χ1n) is 3.47. The molecule has 66 valence electrons. The summed E-state index contributed by atoms with van der Waals surface area (Å²) in [4.78, 5) is 0. The monoisotopic (exact) mass is 233 g/mol. The highest BCUT2D eigenvalue weighted by molar-refractivity contribution is 9.10. The van der Waals surface area contributed by atoms with Crippen molar-refractivity contribution in [3.63, 3.8) is 0 Å². The number of hydrogen-bond donors (Lipinski definition) is 2. The van der Waals surface area contributed by atoms with Crippen LogP contribution in [-0.4, -0.2) is 5.21 Å². The summed E-state index contributed by atoms with van der Waals surface area (Å²) in [7, 11) is 0. The molecule has 0 spiro atoms. The molecule has 0 aromatic heterocycles. The summed E-state index contributed by atoms with van der Waals surface area (Å²) in [6.07, 6.45) is 0. The van der Waals surface area contributed by atoms with Gasteiger partial charge in [0.1, 0.15) is 5.82 Å². The van der Waals surface area contributed by atoms with Crippen LogP contribution in [0, 0.1) is 12.7 Å². The zero-order valence-electron chi connectivity index (χ0n) is 6.56. The molecule has 1 aromatic carbocycles. The summed E-state index contributed by atoms with van der Waals surface area (Å²) < 4.78 is 13.9. The largest absolute Gasteiger partial charge is 0.316 e. The van der Waals surface area contributed by atoms with Gasteiger partial charge in [-0.15, -0.1) is 0 Å². The maximum atomic E-state index is 13.0. The van der Waals surface area contributed by atoms with Gasteiger partial charge in [0, 0.05) is 16.6 Å². The van der Waals surface area contributed by atoms with E-state index in [0.717, 1.165) is 10.0 Å². The lowest BCUT2D eigenvalue weighted by molar-refractivity contribution is 0.159. The van der Waals surface area contributed by atoms with Crippen LogP contribution in [0.4, 0.5) is 4.39 Å². The molecule has 0 bridgehead atoms. The highest BCUT2D eigenvalue weighted by Gasteiger charge is 2.07. The summed E-state index contributed by atoms with van der Waals surface area (Å²) >= 11 is 3.27. The molecule has 0 aliphatic rings. The van der Waals surface area contributed by atoms with Crippen molar-refractivity contribution in [2.45, 2.75) is 13.5 Å². The first kappa shape index (κ1) is 9.64. The normalized spacial score (nSPS) is 10.3. The molecule has 0 saturated heterocycles. The smallest absolute Gasteiger partial charge is 0.128 e. The fourth-order valence-corrected chi connectivity index (χ4v) is 1.36. The average molecular weight is 234 g/mol. The molecule has 0 aliphatic heterocycles. The second kappa shape index (κ2) is 3.98. The fourth-order valence-electron chi connectivity index (χ4n) is 0.991. The number of benzene rings is 1. The Kier molecular flexibility index (Phi) is 3.20. The van der Waals surface area contributed by atoms with Crippen LogP contribution in [0.1, 0.15) is 11.1 Å². The van der Waals surface area contributed by atoms with E-state index >= 15 is 0 Å². The molecule has 4 heteroatoms. The Balaban J connectivity index is 3.14. The molecular weight excluding hydrogens is 225 g/mol. The van der Waals surface area contributed by atoms with Crippen molar-refractivity contribution in [3.8, 4) is 0 Å². The first-order chi connectivity index (χ1) is 5.66. The summed E-state index contributed by atoms with van der Waals surface area (Å²) in [5.41, 5.74) is 3.21. The second-order valence-corrected chi connectivity index (χ2v) is 3.32. The Morgan fingerprint density at radius 3 is 2.83 bits per heavy atom. The Labute approximate surface area is 78.5 Å². The molecule has 0 atom stereocenters. The minimum absolute atomic E-state index is 0.122. The van der Waals surface area contributed by atoms with Gasteiger partial charge in [0.15, 0.2) is 0 Å². The standard InChI is InChI=1S/C8H9BrFNO/c1-5-6(4-11-12)8(10)3-2-7(5)9/h2-3,11-12H,4H2,1H3. The SMILES string of the molecule is Cc1c(Br)ccc(F)c1CNO. The second-order valence-electron chi connectivity index (χ2n) is 2.47. The van der Waals surface area contributed by atoms with Crippen LogP contribution in [0.2, 0.25) is 0 Å². The number of hydroxylamine groups is 1. The van der Waals surface area contributed by atoms with Crippen molar-refractivity contribution in [2.24, 2.45) is 0 Å². The quantitative estimate of drug-likeness (QED) is 0.770. The lowest BCUT2D eigenvalue weighted by atomic mass is 10.1. The molecule has 2 N–H and O–H groups in total. The third-order valence-electron chi connectivity index (χ3n) is 1.73. The van der Waals surface area contributed by atoms with Gasteiger partial charge in [-0.3, -0.25) is 0 Å². The van der Waals surface area contributed by atoms with Crippen LogP contribution in [0.25, 0.3) is 0 Å². The van der Waals surface area contributed by atoms with E-state index in [4.69, 9.17) is 5.21 Å². The van der Waals surface area contributed by atoms with E-state index in [0.29, 0.717) is 5.56 Å². The van der Waals surface area contributed by atoms with Gasteiger partial charge < -0.3 is 5.21 Å². The highest BCUT2D eigenvalue weighted by Crippen LogP contribution is 2.21. The van der Waals surface area contributed by atoms with Crippen LogP contribution >= 0.6 is 15.9 Å². The molecule has 0 unspecified atom stereocenters. The maximum absolute atomic E-state index is 13.0. The summed E-state index contributed by atoms with van der Waals surface area (Å²) in [6, 6.07) is 3.01. The molecule has 2 nitrogen and oxygen atoms in total. The number of nitrogens with one attached hydrogen (secondary N) is 1. The van der Waals surface area contributed by atoms with Gasteiger partial charge in [-0.2, -0.15) is 0 Å². The molecule has 0 heterocycles. The van der Waals surface area contributed by atoms with E-state index in [1.54, 1.807) is 13.0 Å². The minimum atomic E-state index is -0.308. The molecule has 0 radical (unpaired) electrons. The fraction of sp³-hybridized carbons (Fsp3) is 0.250. The van der Waals surface area contributed by atoms with Crippen molar-refractivity contribution in [3.05, 3.63) is 33.5 Å².